The highest BCUT2D eigenvalue weighted by Crippen LogP contribution is 2.16. The normalized spacial score (nSPS) is 18.7. The number of likely N-dealkylation sites (tertiary alicyclic amines) is 1. The summed E-state index contributed by atoms with van der Waals surface area (Å²) in [6, 6.07) is 8.95. The van der Waals surface area contributed by atoms with Gasteiger partial charge in [-0.05, 0) is 57.4 Å². The van der Waals surface area contributed by atoms with Gasteiger partial charge in [0.1, 0.15) is 12.4 Å². The first-order chi connectivity index (χ1) is 13.8. The second kappa shape index (κ2) is 11.3. The van der Waals surface area contributed by atoms with Crippen LogP contribution in [0.3, 0.4) is 0 Å². The van der Waals surface area contributed by atoms with Gasteiger partial charge in [-0.15, -0.1) is 0 Å². The van der Waals surface area contributed by atoms with E-state index in [-0.39, 0.29) is 0 Å². The van der Waals surface area contributed by atoms with Crippen LogP contribution < -0.4 is 10.1 Å². The SMILES string of the molecule is CCNC(=NCc1cccc(OCCN(C)C2CCOCC2)c1)N1CCCC1. The molecule has 1 aromatic carbocycles. The summed E-state index contributed by atoms with van der Waals surface area (Å²) in [5, 5.41) is 3.42. The van der Waals surface area contributed by atoms with Crippen LogP contribution in [0.2, 0.25) is 0 Å². The van der Waals surface area contributed by atoms with Crippen LogP contribution in [0.5, 0.6) is 5.75 Å². The zero-order valence-electron chi connectivity index (χ0n) is 17.5. The molecule has 0 aliphatic carbocycles. The van der Waals surface area contributed by atoms with Crippen LogP contribution in [-0.4, -0.2) is 74.8 Å². The smallest absolute Gasteiger partial charge is 0.194 e. The van der Waals surface area contributed by atoms with Crippen LogP contribution in [0.4, 0.5) is 0 Å². The van der Waals surface area contributed by atoms with Crippen LogP contribution in [0.15, 0.2) is 29.3 Å². The maximum atomic E-state index is 6.01. The summed E-state index contributed by atoms with van der Waals surface area (Å²) in [5.74, 6) is 1.96. The number of nitrogens with zero attached hydrogens (tertiary/aromatic N) is 3. The van der Waals surface area contributed by atoms with Gasteiger partial charge in [0.25, 0.3) is 0 Å². The molecule has 0 unspecified atom stereocenters. The van der Waals surface area contributed by atoms with Crippen molar-refractivity contribution in [3.05, 3.63) is 29.8 Å². The van der Waals surface area contributed by atoms with Gasteiger partial charge in [-0.25, -0.2) is 4.99 Å². The van der Waals surface area contributed by atoms with Gasteiger partial charge in [0.2, 0.25) is 0 Å². The van der Waals surface area contributed by atoms with Crippen LogP contribution in [0, 0.1) is 0 Å². The van der Waals surface area contributed by atoms with Crippen molar-refractivity contribution in [3.63, 3.8) is 0 Å². The number of likely N-dealkylation sites (N-methyl/N-ethyl adjacent to an activating group) is 1. The van der Waals surface area contributed by atoms with Crippen LogP contribution in [-0.2, 0) is 11.3 Å². The molecule has 2 saturated heterocycles. The predicted molar refractivity (Wildman–Crippen MR) is 114 cm³/mol. The largest absolute Gasteiger partial charge is 0.492 e. The van der Waals surface area contributed by atoms with Gasteiger partial charge in [0.05, 0.1) is 6.54 Å². The Balaban J connectivity index is 1.48. The zero-order chi connectivity index (χ0) is 19.6. The molecule has 1 aromatic rings. The molecule has 2 fully saturated rings. The number of nitrogens with one attached hydrogen (secondary N) is 1. The molecule has 0 radical (unpaired) electrons. The maximum Gasteiger partial charge on any atom is 0.194 e. The van der Waals surface area contributed by atoms with Crippen molar-refractivity contribution < 1.29 is 9.47 Å². The number of rotatable bonds is 8. The number of aliphatic imine (C=N–C) groups is 1. The van der Waals surface area contributed by atoms with E-state index in [1.165, 1.54) is 18.4 Å². The first-order valence-corrected chi connectivity index (χ1v) is 10.8. The average Bonchev–Trinajstić information content (AvgIpc) is 3.27. The molecule has 3 rings (SSSR count). The van der Waals surface area contributed by atoms with Gasteiger partial charge < -0.3 is 19.7 Å². The van der Waals surface area contributed by atoms with Crippen molar-refractivity contribution >= 4 is 5.96 Å². The van der Waals surface area contributed by atoms with E-state index in [0.29, 0.717) is 19.2 Å². The molecule has 0 spiro atoms. The minimum atomic E-state index is 0.619. The molecule has 0 atom stereocenters. The van der Waals surface area contributed by atoms with Crippen LogP contribution in [0.1, 0.15) is 38.2 Å². The third kappa shape index (κ3) is 6.38. The molecule has 28 heavy (non-hydrogen) atoms. The fourth-order valence-corrected chi connectivity index (χ4v) is 3.87. The van der Waals surface area contributed by atoms with Crippen molar-refractivity contribution in [2.45, 2.75) is 45.2 Å². The van der Waals surface area contributed by atoms with Gasteiger partial charge in [-0.3, -0.25) is 4.90 Å². The van der Waals surface area contributed by atoms with Crippen molar-refractivity contribution in [2.75, 3.05) is 53.0 Å². The van der Waals surface area contributed by atoms with E-state index in [2.05, 4.69) is 47.3 Å². The zero-order valence-corrected chi connectivity index (χ0v) is 17.5. The Labute approximate surface area is 169 Å². The van der Waals surface area contributed by atoms with Crippen molar-refractivity contribution in [3.8, 4) is 5.75 Å². The highest BCUT2D eigenvalue weighted by molar-refractivity contribution is 5.80. The predicted octanol–water partition coefficient (Wildman–Crippen LogP) is 2.74. The highest BCUT2D eigenvalue weighted by atomic mass is 16.5. The molecule has 0 aromatic heterocycles. The second-order valence-corrected chi connectivity index (χ2v) is 7.68. The molecular weight excluding hydrogens is 352 g/mol. The molecule has 0 amide bonds. The summed E-state index contributed by atoms with van der Waals surface area (Å²) < 4.78 is 11.5. The van der Waals surface area contributed by atoms with Crippen molar-refractivity contribution in [1.29, 1.82) is 0 Å². The molecule has 2 aliphatic rings. The summed E-state index contributed by atoms with van der Waals surface area (Å²) in [6.45, 7) is 9.32. The van der Waals surface area contributed by atoms with E-state index in [9.17, 15) is 0 Å². The van der Waals surface area contributed by atoms with Gasteiger partial charge in [-0.2, -0.15) is 0 Å². The van der Waals surface area contributed by atoms with Gasteiger partial charge in [-0.1, -0.05) is 12.1 Å². The fraction of sp³-hybridized carbons (Fsp3) is 0.682. The standard InChI is InChI=1S/C22H36N4O2/c1-3-23-22(26-11-4-5-12-26)24-18-19-7-6-8-21(17-19)28-16-13-25(2)20-9-14-27-15-10-20/h6-8,17,20H,3-5,9-16,18H2,1-2H3,(H,23,24). The molecule has 6 nitrogen and oxygen atoms in total. The average molecular weight is 389 g/mol. The number of hydrogen-bond acceptors (Lipinski definition) is 4. The quantitative estimate of drug-likeness (QED) is 0.548. The summed E-state index contributed by atoms with van der Waals surface area (Å²) in [4.78, 5) is 9.59. The molecule has 0 saturated carbocycles. The maximum absolute atomic E-state index is 6.01. The Hall–Kier alpha value is -1.79. The summed E-state index contributed by atoms with van der Waals surface area (Å²) >= 11 is 0. The van der Waals surface area contributed by atoms with E-state index in [0.717, 1.165) is 63.9 Å². The Morgan fingerprint density at radius 2 is 2.07 bits per heavy atom. The molecule has 1 N–H and O–H groups in total. The number of ether oxygens (including phenoxy) is 2. The number of guanidine groups is 1. The topological polar surface area (TPSA) is 49.3 Å². The van der Waals surface area contributed by atoms with Crippen LogP contribution in [0.25, 0.3) is 0 Å². The molecule has 6 heteroatoms. The Kier molecular flexibility index (Phi) is 8.42. The summed E-state index contributed by atoms with van der Waals surface area (Å²) in [7, 11) is 2.19. The van der Waals surface area contributed by atoms with E-state index in [4.69, 9.17) is 14.5 Å². The molecule has 156 valence electrons. The van der Waals surface area contributed by atoms with Crippen molar-refractivity contribution in [2.24, 2.45) is 4.99 Å². The molecule has 2 heterocycles. The lowest BCUT2D eigenvalue weighted by Gasteiger charge is -2.31. The highest BCUT2D eigenvalue weighted by Gasteiger charge is 2.18. The Bertz CT molecular complexity index is 610. The minimum absolute atomic E-state index is 0.619. The van der Waals surface area contributed by atoms with Gasteiger partial charge in [0.15, 0.2) is 5.96 Å². The van der Waals surface area contributed by atoms with E-state index < -0.39 is 0 Å². The first-order valence-electron chi connectivity index (χ1n) is 10.8. The number of benzene rings is 1. The lowest BCUT2D eigenvalue weighted by molar-refractivity contribution is 0.0392. The molecular formula is C22H36N4O2. The monoisotopic (exact) mass is 388 g/mol. The second-order valence-electron chi connectivity index (χ2n) is 7.68. The Morgan fingerprint density at radius 1 is 1.29 bits per heavy atom. The summed E-state index contributed by atoms with van der Waals surface area (Å²) in [5.41, 5.74) is 1.19. The summed E-state index contributed by atoms with van der Waals surface area (Å²) in [6.07, 6.45) is 4.76. The van der Waals surface area contributed by atoms with Crippen LogP contribution >= 0.6 is 0 Å². The Morgan fingerprint density at radius 3 is 2.82 bits per heavy atom. The van der Waals surface area contributed by atoms with E-state index >= 15 is 0 Å². The van der Waals surface area contributed by atoms with Gasteiger partial charge >= 0.3 is 0 Å². The van der Waals surface area contributed by atoms with Crippen molar-refractivity contribution in [1.82, 2.24) is 15.1 Å². The minimum Gasteiger partial charge on any atom is -0.492 e. The van der Waals surface area contributed by atoms with E-state index in [1.54, 1.807) is 0 Å². The first kappa shape index (κ1) is 20.9. The lowest BCUT2D eigenvalue weighted by atomic mass is 10.1. The lowest BCUT2D eigenvalue weighted by Crippen LogP contribution is -2.39. The molecule has 0 bridgehead atoms. The fourth-order valence-electron chi connectivity index (χ4n) is 3.87. The third-order valence-corrected chi connectivity index (χ3v) is 5.58. The van der Waals surface area contributed by atoms with E-state index in [1.807, 2.05) is 6.07 Å². The van der Waals surface area contributed by atoms with Gasteiger partial charge in [0, 0.05) is 45.4 Å². The number of hydrogen-bond donors (Lipinski definition) is 1. The third-order valence-electron chi connectivity index (χ3n) is 5.58. The molecule has 2 aliphatic heterocycles.